The fourth-order valence-electron chi connectivity index (χ4n) is 4.50. The SMILES string of the molecule is COc1ccc2c(Oc3ccc(NC(=O)c4c(-c5ccccc5)n(C[C@@H](C)O)n(C)c4=O)cc3F)ccnc2c1. The standard InChI is InChI=1S/C30H27FN4O5/c1-18(36)17-35-28(19-7-5-4-6-8-19)27(30(38)34(35)2)29(37)33-20-9-12-26(23(31)15-20)40-25-13-14-32-24-16-21(39-3)10-11-22(24)25/h4-16,18,36H,17H2,1-3H3,(H,33,37)/t18-/m1/s1. The number of carbonyl (C=O) groups is 1. The summed E-state index contributed by atoms with van der Waals surface area (Å²) in [5, 5.41) is 13.3. The molecule has 10 heteroatoms. The number of hydrogen-bond donors (Lipinski definition) is 2. The van der Waals surface area contributed by atoms with Crippen molar-refractivity contribution in [2.45, 2.75) is 19.6 Å². The Morgan fingerprint density at radius 3 is 2.55 bits per heavy atom. The zero-order valence-corrected chi connectivity index (χ0v) is 22.1. The second-order valence-corrected chi connectivity index (χ2v) is 9.24. The van der Waals surface area contributed by atoms with Gasteiger partial charge in [-0.05, 0) is 37.3 Å². The summed E-state index contributed by atoms with van der Waals surface area (Å²) in [6, 6.07) is 19.9. The summed E-state index contributed by atoms with van der Waals surface area (Å²) in [5.41, 5.74) is 1.09. The van der Waals surface area contributed by atoms with E-state index in [0.717, 1.165) is 6.07 Å². The van der Waals surface area contributed by atoms with Gasteiger partial charge in [0.15, 0.2) is 11.6 Å². The largest absolute Gasteiger partial charge is 0.497 e. The lowest BCUT2D eigenvalue weighted by molar-refractivity contribution is 0.102. The number of carbonyl (C=O) groups excluding carboxylic acids is 1. The highest BCUT2D eigenvalue weighted by atomic mass is 19.1. The number of ether oxygens (including phenoxy) is 2. The van der Waals surface area contributed by atoms with Crippen molar-refractivity contribution in [2.24, 2.45) is 7.05 Å². The van der Waals surface area contributed by atoms with Crippen molar-refractivity contribution in [2.75, 3.05) is 12.4 Å². The van der Waals surface area contributed by atoms with Crippen LogP contribution in [0.3, 0.4) is 0 Å². The van der Waals surface area contributed by atoms with Gasteiger partial charge in [0, 0.05) is 42.0 Å². The number of hydrogen-bond acceptors (Lipinski definition) is 6. The maximum Gasteiger partial charge on any atom is 0.279 e. The minimum atomic E-state index is -0.766. The number of fused-ring (bicyclic) bond motifs is 1. The second-order valence-electron chi connectivity index (χ2n) is 9.24. The molecule has 0 aliphatic carbocycles. The first-order valence-corrected chi connectivity index (χ1v) is 12.5. The third-order valence-corrected chi connectivity index (χ3v) is 6.40. The predicted molar refractivity (Wildman–Crippen MR) is 150 cm³/mol. The van der Waals surface area contributed by atoms with Crippen molar-refractivity contribution in [1.82, 2.24) is 14.3 Å². The van der Waals surface area contributed by atoms with Crippen molar-refractivity contribution < 1.29 is 23.8 Å². The molecule has 2 aromatic heterocycles. The Kier molecular flexibility index (Phi) is 7.35. The third kappa shape index (κ3) is 5.16. The first-order chi connectivity index (χ1) is 19.3. The van der Waals surface area contributed by atoms with E-state index in [2.05, 4.69) is 10.3 Å². The van der Waals surface area contributed by atoms with Gasteiger partial charge < -0.3 is 19.9 Å². The number of pyridine rings is 1. The van der Waals surface area contributed by atoms with Gasteiger partial charge in [-0.2, -0.15) is 0 Å². The highest BCUT2D eigenvalue weighted by Gasteiger charge is 2.26. The number of nitrogens with one attached hydrogen (secondary N) is 1. The lowest BCUT2D eigenvalue weighted by Gasteiger charge is -2.15. The Balaban J connectivity index is 1.44. The summed E-state index contributed by atoms with van der Waals surface area (Å²) in [5.74, 6) is -0.427. The quantitative estimate of drug-likeness (QED) is 0.287. The van der Waals surface area contributed by atoms with Gasteiger partial charge in [-0.3, -0.25) is 23.9 Å². The van der Waals surface area contributed by atoms with E-state index in [9.17, 15) is 14.7 Å². The molecule has 0 saturated carbocycles. The summed E-state index contributed by atoms with van der Waals surface area (Å²) in [7, 11) is 3.08. The molecule has 3 aromatic carbocycles. The molecule has 0 spiro atoms. The molecular weight excluding hydrogens is 515 g/mol. The molecule has 0 radical (unpaired) electrons. The van der Waals surface area contributed by atoms with Crippen LogP contribution in [0, 0.1) is 5.82 Å². The number of aliphatic hydroxyl groups is 1. The van der Waals surface area contributed by atoms with Gasteiger partial charge in [-0.1, -0.05) is 30.3 Å². The summed E-state index contributed by atoms with van der Waals surface area (Å²) in [4.78, 5) is 30.9. The monoisotopic (exact) mass is 542 g/mol. The van der Waals surface area contributed by atoms with Gasteiger partial charge in [0.2, 0.25) is 0 Å². The minimum Gasteiger partial charge on any atom is -0.497 e. The summed E-state index contributed by atoms with van der Waals surface area (Å²) < 4.78 is 29.1. The lowest BCUT2D eigenvalue weighted by atomic mass is 10.1. The highest BCUT2D eigenvalue weighted by Crippen LogP contribution is 2.33. The molecule has 0 bridgehead atoms. The fraction of sp³-hybridized carbons (Fsp3) is 0.167. The van der Waals surface area contributed by atoms with E-state index in [0.29, 0.717) is 33.7 Å². The van der Waals surface area contributed by atoms with Gasteiger partial charge in [-0.25, -0.2) is 4.39 Å². The zero-order valence-electron chi connectivity index (χ0n) is 22.1. The number of halogens is 1. The van der Waals surface area contributed by atoms with Gasteiger partial charge in [0.1, 0.15) is 17.1 Å². The van der Waals surface area contributed by atoms with Gasteiger partial charge >= 0.3 is 0 Å². The van der Waals surface area contributed by atoms with E-state index in [-0.39, 0.29) is 23.5 Å². The first-order valence-electron chi connectivity index (χ1n) is 12.5. The maximum absolute atomic E-state index is 15.1. The molecule has 5 rings (SSSR count). The molecule has 0 unspecified atom stereocenters. The Hall–Kier alpha value is -4.96. The second kappa shape index (κ2) is 11.0. The zero-order chi connectivity index (χ0) is 28.4. The van der Waals surface area contributed by atoms with Crippen molar-refractivity contribution in [1.29, 1.82) is 0 Å². The minimum absolute atomic E-state index is 0.0507. The Bertz CT molecular complexity index is 1760. The first kappa shape index (κ1) is 26.6. The van der Waals surface area contributed by atoms with Crippen LogP contribution in [0.4, 0.5) is 10.1 Å². The molecule has 1 atom stereocenters. The molecule has 204 valence electrons. The van der Waals surface area contributed by atoms with Crippen molar-refractivity contribution in [3.63, 3.8) is 0 Å². The topological polar surface area (TPSA) is 108 Å². The van der Waals surface area contributed by atoms with E-state index in [4.69, 9.17) is 9.47 Å². The fourth-order valence-corrected chi connectivity index (χ4v) is 4.50. The number of nitrogens with zero attached hydrogens (tertiary/aromatic N) is 3. The van der Waals surface area contributed by atoms with Crippen LogP contribution in [0.2, 0.25) is 0 Å². The molecule has 0 aliphatic heterocycles. The average molecular weight is 543 g/mol. The molecule has 2 N–H and O–H groups in total. The smallest absolute Gasteiger partial charge is 0.279 e. The molecule has 40 heavy (non-hydrogen) atoms. The molecule has 0 saturated heterocycles. The number of methoxy groups -OCH3 is 1. The van der Waals surface area contributed by atoms with E-state index in [1.54, 1.807) is 73.4 Å². The van der Waals surface area contributed by atoms with E-state index in [1.807, 2.05) is 6.07 Å². The van der Waals surface area contributed by atoms with Crippen LogP contribution in [0.5, 0.6) is 17.2 Å². The van der Waals surface area contributed by atoms with Crippen LogP contribution in [-0.2, 0) is 13.6 Å². The van der Waals surface area contributed by atoms with Crippen LogP contribution in [0.15, 0.2) is 83.8 Å². The summed E-state index contributed by atoms with van der Waals surface area (Å²) >= 11 is 0. The number of rotatable bonds is 8. The van der Waals surface area contributed by atoms with E-state index < -0.39 is 23.4 Å². The Labute approximate surface area is 229 Å². The number of amides is 1. The molecule has 5 aromatic rings. The van der Waals surface area contributed by atoms with Crippen LogP contribution in [0.1, 0.15) is 17.3 Å². The lowest BCUT2D eigenvalue weighted by Crippen LogP contribution is -2.26. The Morgan fingerprint density at radius 2 is 1.85 bits per heavy atom. The van der Waals surface area contributed by atoms with Crippen LogP contribution < -0.4 is 20.3 Å². The van der Waals surface area contributed by atoms with Crippen LogP contribution >= 0.6 is 0 Å². The van der Waals surface area contributed by atoms with Crippen LogP contribution in [-0.4, -0.2) is 38.6 Å². The average Bonchev–Trinajstić information content (AvgIpc) is 3.19. The molecular formula is C30H27FN4O5. The predicted octanol–water partition coefficient (Wildman–Crippen LogP) is 4.98. The van der Waals surface area contributed by atoms with Crippen molar-refractivity contribution >= 4 is 22.5 Å². The Morgan fingerprint density at radius 1 is 1.07 bits per heavy atom. The van der Waals surface area contributed by atoms with Crippen molar-refractivity contribution in [3.05, 3.63) is 101 Å². The van der Waals surface area contributed by atoms with Gasteiger partial charge in [0.05, 0.1) is 31.0 Å². The molecule has 0 fully saturated rings. The number of benzene rings is 3. The number of aliphatic hydroxyl groups excluding tert-OH is 1. The summed E-state index contributed by atoms with van der Waals surface area (Å²) in [6.45, 7) is 1.69. The maximum atomic E-state index is 15.1. The number of aromatic nitrogens is 3. The van der Waals surface area contributed by atoms with E-state index in [1.165, 1.54) is 23.9 Å². The van der Waals surface area contributed by atoms with Gasteiger partial charge in [0.25, 0.3) is 11.5 Å². The number of anilines is 1. The molecule has 9 nitrogen and oxygen atoms in total. The van der Waals surface area contributed by atoms with Gasteiger partial charge in [-0.15, -0.1) is 0 Å². The highest BCUT2D eigenvalue weighted by molar-refractivity contribution is 6.08. The molecule has 0 aliphatic rings. The normalized spacial score (nSPS) is 11.8. The van der Waals surface area contributed by atoms with Crippen molar-refractivity contribution in [3.8, 4) is 28.5 Å². The summed E-state index contributed by atoms with van der Waals surface area (Å²) in [6.07, 6.45) is 0.788. The third-order valence-electron chi connectivity index (χ3n) is 6.40. The van der Waals surface area contributed by atoms with E-state index >= 15 is 4.39 Å². The molecule has 1 amide bonds. The molecule has 2 heterocycles. The van der Waals surface area contributed by atoms with Crippen LogP contribution in [0.25, 0.3) is 22.2 Å².